The number of carbonyl (C=O) groups is 1. The fourth-order valence-corrected chi connectivity index (χ4v) is 4.28. The van der Waals surface area contributed by atoms with Crippen LogP contribution in [0.2, 0.25) is 0 Å². The molecule has 3 heterocycles. The van der Waals surface area contributed by atoms with Gasteiger partial charge < -0.3 is 5.32 Å². The molecule has 25 heavy (non-hydrogen) atoms. The zero-order chi connectivity index (χ0) is 17.8. The predicted octanol–water partition coefficient (Wildman–Crippen LogP) is 3.82. The Morgan fingerprint density at radius 2 is 2.12 bits per heavy atom. The Bertz CT molecular complexity index is 835. The first-order chi connectivity index (χ1) is 12.0. The van der Waals surface area contributed by atoms with Crippen LogP contribution in [0.4, 0.5) is 0 Å². The zero-order valence-corrected chi connectivity index (χ0v) is 16.3. The summed E-state index contributed by atoms with van der Waals surface area (Å²) in [6, 6.07) is 4.04. The average molecular weight is 375 g/mol. The van der Waals surface area contributed by atoms with Gasteiger partial charge in [0, 0.05) is 36.2 Å². The summed E-state index contributed by atoms with van der Waals surface area (Å²) in [6.07, 6.45) is 1.18. The molecule has 1 amide bonds. The van der Waals surface area contributed by atoms with Crippen molar-refractivity contribution < 1.29 is 4.79 Å². The van der Waals surface area contributed by atoms with Crippen molar-refractivity contribution >= 4 is 28.6 Å². The van der Waals surface area contributed by atoms with Crippen LogP contribution in [0, 0.1) is 20.8 Å². The summed E-state index contributed by atoms with van der Waals surface area (Å²) >= 11 is 3.27. The lowest BCUT2D eigenvalue weighted by atomic mass is 10.1. The predicted molar refractivity (Wildman–Crippen MR) is 102 cm³/mol. The van der Waals surface area contributed by atoms with Crippen molar-refractivity contribution in [2.24, 2.45) is 0 Å². The summed E-state index contributed by atoms with van der Waals surface area (Å²) < 4.78 is 1.89. The van der Waals surface area contributed by atoms with Crippen LogP contribution in [0.15, 0.2) is 28.3 Å². The van der Waals surface area contributed by atoms with Crippen LogP contribution in [-0.4, -0.2) is 20.7 Å². The maximum absolute atomic E-state index is 12.5. The van der Waals surface area contributed by atoms with Crippen LogP contribution in [0.3, 0.4) is 0 Å². The number of thiophene rings is 1. The van der Waals surface area contributed by atoms with Gasteiger partial charge in [-0.3, -0.25) is 9.48 Å². The minimum Gasteiger partial charge on any atom is -0.346 e. The third-order valence-electron chi connectivity index (χ3n) is 3.94. The summed E-state index contributed by atoms with van der Waals surface area (Å²) in [5.74, 6) is 0.0284. The Balaban J connectivity index is 1.64. The molecule has 7 heteroatoms. The molecule has 0 fully saturated rings. The Hall–Kier alpha value is -1.99. The number of carbonyl (C=O) groups excluding carboxylic acids is 1. The minimum atomic E-state index is -0.0822. The number of rotatable bonds is 7. The molecule has 0 aliphatic heterocycles. The molecule has 0 aliphatic carbocycles. The molecule has 0 saturated carbocycles. The Morgan fingerprint density at radius 3 is 2.72 bits per heavy atom. The lowest BCUT2D eigenvalue weighted by molar-refractivity contribution is -0.122. The van der Waals surface area contributed by atoms with Gasteiger partial charge in [0.2, 0.25) is 5.91 Å². The third kappa shape index (κ3) is 4.76. The Morgan fingerprint density at radius 1 is 1.28 bits per heavy atom. The molecule has 3 aromatic heterocycles. The van der Waals surface area contributed by atoms with Crippen LogP contribution in [0.1, 0.15) is 40.1 Å². The molecular formula is C18H22N4OS2. The maximum Gasteiger partial charge on any atom is 0.222 e. The highest BCUT2D eigenvalue weighted by Gasteiger charge is 2.19. The van der Waals surface area contributed by atoms with Crippen molar-refractivity contribution in [3.63, 3.8) is 0 Å². The standard InChI is InChI=1S/C18H22N4OS2/c1-12-8-14(3)22(21-12)6-4-17(23)20-16(9-15-5-7-24-11-15)18-19-13(2)10-25-18/h5,7-8,10-11,16H,4,6,9H2,1-3H3,(H,20,23). The fraction of sp³-hybridized carbons (Fsp3) is 0.389. The van der Waals surface area contributed by atoms with Gasteiger partial charge in [0.25, 0.3) is 0 Å². The fourth-order valence-electron chi connectivity index (χ4n) is 2.75. The quantitative estimate of drug-likeness (QED) is 0.684. The zero-order valence-electron chi connectivity index (χ0n) is 14.7. The number of hydrogen-bond acceptors (Lipinski definition) is 5. The first kappa shape index (κ1) is 17.8. The van der Waals surface area contributed by atoms with E-state index in [4.69, 9.17) is 0 Å². The van der Waals surface area contributed by atoms with Gasteiger partial charge in [0.1, 0.15) is 5.01 Å². The van der Waals surface area contributed by atoms with E-state index in [0.29, 0.717) is 13.0 Å². The molecule has 0 aromatic carbocycles. The van der Waals surface area contributed by atoms with Gasteiger partial charge in [0.15, 0.2) is 0 Å². The van der Waals surface area contributed by atoms with E-state index < -0.39 is 0 Å². The highest BCUT2D eigenvalue weighted by atomic mass is 32.1. The van der Waals surface area contributed by atoms with Crippen molar-refractivity contribution in [2.45, 2.75) is 46.2 Å². The average Bonchev–Trinajstić information content (AvgIpc) is 3.27. The number of hydrogen-bond donors (Lipinski definition) is 1. The molecule has 132 valence electrons. The van der Waals surface area contributed by atoms with Crippen LogP contribution >= 0.6 is 22.7 Å². The van der Waals surface area contributed by atoms with E-state index in [-0.39, 0.29) is 11.9 Å². The van der Waals surface area contributed by atoms with Crippen LogP contribution in [-0.2, 0) is 17.8 Å². The molecule has 5 nitrogen and oxygen atoms in total. The second kappa shape index (κ2) is 7.93. The van der Waals surface area contributed by atoms with Crippen molar-refractivity contribution in [1.29, 1.82) is 0 Å². The lowest BCUT2D eigenvalue weighted by Crippen LogP contribution is -2.30. The molecule has 1 unspecified atom stereocenters. The van der Waals surface area contributed by atoms with Crippen LogP contribution in [0.25, 0.3) is 0 Å². The van der Waals surface area contributed by atoms with E-state index in [1.165, 1.54) is 5.56 Å². The van der Waals surface area contributed by atoms with Gasteiger partial charge >= 0.3 is 0 Å². The lowest BCUT2D eigenvalue weighted by Gasteiger charge is -2.16. The number of aryl methyl sites for hydroxylation is 4. The second-order valence-corrected chi connectivity index (χ2v) is 7.85. The summed E-state index contributed by atoms with van der Waals surface area (Å²) in [5, 5.41) is 14.7. The minimum absolute atomic E-state index is 0.0284. The van der Waals surface area contributed by atoms with E-state index in [1.807, 2.05) is 36.9 Å². The van der Waals surface area contributed by atoms with Gasteiger partial charge in [-0.25, -0.2) is 4.98 Å². The van der Waals surface area contributed by atoms with E-state index in [0.717, 1.165) is 28.5 Å². The number of amides is 1. The SMILES string of the molecule is Cc1csc(C(Cc2ccsc2)NC(=O)CCn2nc(C)cc2C)n1. The number of aromatic nitrogens is 3. The van der Waals surface area contributed by atoms with Gasteiger partial charge in [-0.2, -0.15) is 16.4 Å². The molecule has 3 aromatic rings. The van der Waals surface area contributed by atoms with Gasteiger partial charge in [-0.05, 0) is 49.2 Å². The molecule has 0 spiro atoms. The Kier molecular flexibility index (Phi) is 5.65. The van der Waals surface area contributed by atoms with Gasteiger partial charge in [0.05, 0.1) is 11.7 Å². The van der Waals surface area contributed by atoms with E-state index >= 15 is 0 Å². The monoisotopic (exact) mass is 374 g/mol. The van der Waals surface area contributed by atoms with E-state index in [2.05, 4.69) is 32.2 Å². The second-order valence-electron chi connectivity index (χ2n) is 6.18. The summed E-state index contributed by atoms with van der Waals surface area (Å²) in [4.78, 5) is 17.1. The molecule has 0 radical (unpaired) electrons. The number of nitrogens with one attached hydrogen (secondary N) is 1. The normalized spacial score (nSPS) is 12.3. The molecular weight excluding hydrogens is 352 g/mol. The summed E-state index contributed by atoms with van der Waals surface area (Å²) in [6.45, 7) is 6.54. The maximum atomic E-state index is 12.5. The number of thiazole rings is 1. The molecule has 1 N–H and O–H groups in total. The summed E-state index contributed by atoms with van der Waals surface area (Å²) in [7, 11) is 0. The van der Waals surface area contributed by atoms with Crippen LogP contribution < -0.4 is 5.32 Å². The highest BCUT2D eigenvalue weighted by molar-refractivity contribution is 7.09. The van der Waals surface area contributed by atoms with Gasteiger partial charge in [-0.15, -0.1) is 11.3 Å². The molecule has 0 aliphatic rings. The smallest absolute Gasteiger partial charge is 0.222 e. The van der Waals surface area contributed by atoms with Crippen molar-refractivity contribution in [3.05, 3.63) is 55.9 Å². The highest BCUT2D eigenvalue weighted by Crippen LogP contribution is 2.23. The van der Waals surface area contributed by atoms with E-state index in [1.54, 1.807) is 22.7 Å². The first-order valence-electron chi connectivity index (χ1n) is 8.25. The third-order valence-corrected chi connectivity index (χ3v) is 5.75. The van der Waals surface area contributed by atoms with E-state index in [9.17, 15) is 4.79 Å². The van der Waals surface area contributed by atoms with Crippen molar-refractivity contribution in [1.82, 2.24) is 20.1 Å². The van der Waals surface area contributed by atoms with Crippen LogP contribution in [0.5, 0.6) is 0 Å². The van der Waals surface area contributed by atoms with Crippen molar-refractivity contribution in [3.8, 4) is 0 Å². The topological polar surface area (TPSA) is 59.8 Å². The molecule has 3 rings (SSSR count). The van der Waals surface area contributed by atoms with Crippen molar-refractivity contribution in [2.75, 3.05) is 0 Å². The Labute approximate surface area is 155 Å². The summed E-state index contributed by atoms with van der Waals surface area (Å²) in [5.41, 5.74) is 4.27. The molecule has 0 saturated heterocycles. The first-order valence-corrected chi connectivity index (χ1v) is 10.1. The van der Waals surface area contributed by atoms with Gasteiger partial charge in [-0.1, -0.05) is 0 Å². The number of nitrogens with zero attached hydrogens (tertiary/aromatic N) is 3. The largest absolute Gasteiger partial charge is 0.346 e. The molecule has 1 atom stereocenters. The molecule has 0 bridgehead atoms.